The van der Waals surface area contributed by atoms with Crippen molar-refractivity contribution in [3.8, 4) is 0 Å². The monoisotopic (exact) mass is 326 g/mol. The summed E-state index contributed by atoms with van der Waals surface area (Å²) in [7, 11) is 0. The molecule has 0 saturated heterocycles. The summed E-state index contributed by atoms with van der Waals surface area (Å²) in [6.07, 6.45) is 4.03. The maximum Gasteiger partial charge on any atom is 0.244 e. The van der Waals surface area contributed by atoms with E-state index >= 15 is 0 Å². The Morgan fingerprint density at radius 3 is 2.50 bits per heavy atom. The predicted octanol–water partition coefficient (Wildman–Crippen LogP) is 3.87. The first-order valence-corrected chi connectivity index (χ1v) is 8.20. The highest BCUT2D eigenvalue weighted by Gasteiger charge is 2.03. The van der Waals surface area contributed by atoms with E-state index in [1.54, 1.807) is 18.2 Å². The molecule has 0 unspecified atom stereocenters. The molecule has 0 saturated carbocycles. The minimum atomic E-state index is -0.282. The Morgan fingerprint density at radius 2 is 1.83 bits per heavy atom. The molecule has 2 rings (SSSR count). The third kappa shape index (κ3) is 5.88. The van der Waals surface area contributed by atoms with E-state index in [-0.39, 0.29) is 11.7 Å². The van der Waals surface area contributed by atoms with Gasteiger partial charge in [0.05, 0.1) is 0 Å². The topological polar surface area (TPSA) is 32.3 Å². The van der Waals surface area contributed by atoms with Crippen molar-refractivity contribution in [2.45, 2.75) is 13.3 Å². The molecule has 1 amide bonds. The summed E-state index contributed by atoms with van der Waals surface area (Å²) in [5.74, 6) is -0.419. The van der Waals surface area contributed by atoms with Crippen molar-refractivity contribution in [2.24, 2.45) is 0 Å². The number of nitrogens with one attached hydrogen (secondary N) is 1. The number of amides is 1. The average molecular weight is 326 g/mol. The van der Waals surface area contributed by atoms with Gasteiger partial charge in [-0.2, -0.15) is 0 Å². The molecule has 3 nitrogen and oxygen atoms in total. The second-order valence-corrected chi connectivity index (χ2v) is 5.44. The largest absolute Gasteiger partial charge is 0.372 e. The zero-order valence-electron chi connectivity index (χ0n) is 13.9. The molecule has 0 heterocycles. The fourth-order valence-electron chi connectivity index (χ4n) is 2.39. The third-order valence-electron chi connectivity index (χ3n) is 3.70. The number of halogens is 1. The number of rotatable bonds is 8. The number of nitrogens with zero attached hydrogens (tertiary/aromatic N) is 1. The molecule has 126 valence electrons. The minimum Gasteiger partial charge on any atom is -0.372 e. The van der Waals surface area contributed by atoms with Gasteiger partial charge in [0.2, 0.25) is 5.91 Å². The molecular formula is C20H23FN2O. The minimum absolute atomic E-state index is 0.137. The van der Waals surface area contributed by atoms with E-state index in [1.807, 2.05) is 18.2 Å². The van der Waals surface area contributed by atoms with Crippen LogP contribution in [0.1, 0.15) is 18.9 Å². The first-order chi connectivity index (χ1) is 11.7. The Kier molecular flexibility index (Phi) is 7.02. The summed E-state index contributed by atoms with van der Waals surface area (Å²) in [6.45, 7) is 4.57. The first kappa shape index (κ1) is 17.7. The fraction of sp³-hybridized carbons (Fsp3) is 0.250. The second kappa shape index (κ2) is 9.50. The lowest BCUT2D eigenvalue weighted by Crippen LogP contribution is -2.29. The molecule has 0 radical (unpaired) electrons. The van der Waals surface area contributed by atoms with Gasteiger partial charge in [-0.25, -0.2) is 4.39 Å². The van der Waals surface area contributed by atoms with Gasteiger partial charge in [-0.3, -0.25) is 4.79 Å². The van der Waals surface area contributed by atoms with Gasteiger partial charge in [0.15, 0.2) is 0 Å². The van der Waals surface area contributed by atoms with Crippen molar-refractivity contribution >= 4 is 17.7 Å². The van der Waals surface area contributed by atoms with Crippen molar-refractivity contribution in [3.05, 3.63) is 72.1 Å². The summed E-state index contributed by atoms with van der Waals surface area (Å²) >= 11 is 0. The highest BCUT2D eigenvalue weighted by molar-refractivity contribution is 5.91. The first-order valence-electron chi connectivity index (χ1n) is 8.20. The number of carbonyl (C=O) groups excluding carboxylic acids is 1. The molecule has 0 fully saturated rings. The second-order valence-electron chi connectivity index (χ2n) is 5.44. The zero-order chi connectivity index (χ0) is 17.2. The number of hydrogen-bond donors (Lipinski definition) is 1. The Balaban J connectivity index is 1.71. The predicted molar refractivity (Wildman–Crippen MR) is 97.4 cm³/mol. The van der Waals surface area contributed by atoms with Gasteiger partial charge < -0.3 is 10.2 Å². The van der Waals surface area contributed by atoms with E-state index in [1.165, 1.54) is 23.9 Å². The van der Waals surface area contributed by atoms with E-state index in [0.717, 1.165) is 25.1 Å². The lowest BCUT2D eigenvalue weighted by atomic mass is 10.2. The van der Waals surface area contributed by atoms with Crippen molar-refractivity contribution < 1.29 is 9.18 Å². The molecular weight excluding hydrogens is 303 g/mol. The van der Waals surface area contributed by atoms with Crippen molar-refractivity contribution in [1.82, 2.24) is 5.32 Å². The molecule has 0 atom stereocenters. The van der Waals surface area contributed by atoms with Gasteiger partial charge in [-0.1, -0.05) is 30.3 Å². The number of para-hydroxylation sites is 1. The summed E-state index contributed by atoms with van der Waals surface area (Å²) < 4.78 is 12.8. The number of carbonyl (C=O) groups is 1. The normalized spacial score (nSPS) is 10.8. The third-order valence-corrected chi connectivity index (χ3v) is 3.70. The van der Waals surface area contributed by atoms with E-state index in [0.29, 0.717) is 6.54 Å². The van der Waals surface area contributed by atoms with Crippen LogP contribution in [-0.4, -0.2) is 25.5 Å². The van der Waals surface area contributed by atoms with Crippen molar-refractivity contribution in [2.75, 3.05) is 24.5 Å². The average Bonchev–Trinajstić information content (AvgIpc) is 2.62. The maximum atomic E-state index is 12.8. The van der Waals surface area contributed by atoms with Crippen LogP contribution in [-0.2, 0) is 4.79 Å². The van der Waals surface area contributed by atoms with E-state index < -0.39 is 0 Å². The van der Waals surface area contributed by atoms with Gasteiger partial charge >= 0.3 is 0 Å². The van der Waals surface area contributed by atoms with E-state index in [9.17, 15) is 9.18 Å². The SMILES string of the molecule is CCN(CCCNC(=O)C=Cc1ccc(F)cc1)c1ccccc1. The van der Waals surface area contributed by atoms with Gasteiger partial charge in [0, 0.05) is 31.4 Å². The molecule has 1 N–H and O–H groups in total. The maximum absolute atomic E-state index is 12.8. The molecule has 0 aliphatic carbocycles. The van der Waals surface area contributed by atoms with Crippen LogP contribution < -0.4 is 10.2 Å². The van der Waals surface area contributed by atoms with E-state index in [2.05, 4.69) is 29.3 Å². The van der Waals surface area contributed by atoms with Crippen LogP contribution in [0.5, 0.6) is 0 Å². The molecule has 0 aliphatic rings. The van der Waals surface area contributed by atoms with Gasteiger partial charge in [0.25, 0.3) is 0 Å². The Labute approximate surface area is 142 Å². The Hall–Kier alpha value is -2.62. The molecule has 0 spiro atoms. The molecule has 24 heavy (non-hydrogen) atoms. The van der Waals surface area contributed by atoms with Crippen LogP contribution in [0.3, 0.4) is 0 Å². The zero-order valence-corrected chi connectivity index (χ0v) is 13.9. The molecule has 0 aromatic heterocycles. The molecule has 0 aliphatic heterocycles. The number of anilines is 1. The summed E-state index contributed by atoms with van der Waals surface area (Å²) in [6, 6.07) is 16.3. The molecule has 0 bridgehead atoms. The molecule has 2 aromatic carbocycles. The van der Waals surface area contributed by atoms with Crippen LogP contribution in [0.25, 0.3) is 6.08 Å². The van der Waals surface area contributed by atoms with Crippen molar-refractivity contribution in [1.29, 1.82) is 0 Å². The Morgan fingerprint density at radius 1 is 1.12 bits per heavy atom. The number of hydrogen-bond acceptors (Lipinski definition) is 2. The van der Waals surface area contributed by atoms with Crippen LogP contribution in [0, 0.1) is 5.82 Å². The Bertz CT molecular complexity index is 653. The van der Waals surface area contributed by atoms with Gasteiger partial charge in [-0.15, -0.1) is 0 Å². The standard InChI is InChI=1S/C20H23FN2O/c1-2-23(19-7-4-3-5-8-19)16-6-15-22-20(24)14-11-17-9-12-18(21)13-10-17/h3-5,7-14H,2,6,15-16H2,1H3,(H,22,24). The van der Waals surface area contributed by atoms with Crippen LogP contribution in [0.2, 0.25) is 0 Å². The fourth-order valence-corrected chi connectivity index (χ4v) is 2.39. The van der Waals surface area contributed by atoms with Crippen LogP contribution >= 0.6 is 0 Å². The molecule has 4 heteroatoms. The lowest BCUT2D eigenvalue weighted by molar-refractivity contribution is -0.116. The smallest absolute Gasteiger partial charge is 0.244 e. The quantitative estimate of drug-likeness (QED) is 0.590. The summed E-state index contributed by atoms with van der Waals surface area (Å²) in [5, 5.41) is 2.87. The van der Waals surface area contributed by atoms with E-state index in [4.69, 9.17) is 0 Å². The lowest BCUT2D eigenvalue weighted by Gasteiger charge is -2.23. The van der Waals surface area contributed by atoms with Gasteiger partial charge in [-0.05, 0) is 49.2 Å². The van der Waals surface area contributed by atoms with Gasteiger partial charge in [0.1, 0.15) is 5.82 Å². The summed E-state index contributed by atoms with van der Waals surface area (Å²) in [4.78, 5) is 14.1. The van der Waals surface area contributed by atoms with Crippen molar-refractivity contribution in [3.63, 3.8) is 0 Å². The molecule has 2 aromatic rings. The summed E-state index contributed by atoms with van der Waals surface area (Å²) in [5.41, 5.74) is 2.00. The van der Waals surface area contributed by atoms with Crippen LogP contribution in [0.15, 0.2) is 60.7 Å². The highest BCUT2D eigenvalue weighted by atomic mass is 19.1. The number of benzene rings is 2. The van der Waals surface area contributed by atoms with Crippen LogP contribution in [0.4, 0.5) is 10.1 Å². The highest BCUT2D eigenvalue weighted by Crippen LogP contribution is 2.12.